The molecule has 70 valence electrons. The van der Waals surface area contributed by atoms with Crippen molar-refractivity contribution in [1.82, 2.24) is 9.97 Å². The van der Waals surface area contributed by atoms with Crippen LogP contribution < -0.4 is 5.73 Å². The fraction of sp³-hybridized carbons (Fsp3) is 0.500. The SMILES string of the molecule is NCC1(c2cncnc2)CC1(F)F. The number of nitrogens with two attached hydrogens (primary N) is 1. The van der Waals surface area contributed by atoms with Crippen molar-refractivity contribution in [3.63, 3.8) is 0 Å². The molecule has 0 radical (unpaired) electrons. The quantitative estimate of drug-likeness (QED) is 0.738. The molecule has 2 rings (SSSR count). The van der Waals surface area contributed by atoms with Crippen molar-refractivity contribution < 1.29 is 8.78 Å². The average molecular weight is 185 g/mol. The number of aromatic nitrogens is 2. The molecule has 0 saturated heterocycles. The van der Waals surface area contributed by atoms with E-state index >= 15 is 0 Å². The third kappa shape index (κ3) is 1.03. The summed E-state index contributed by atoms with van der Waals surface area (Å²) in [5, 5.41) is 0. The number of nitrogens with zero attached hydrogens (tertiary/aromatic N) is 2. The molecule has 3 nitrogen and oxygen atoms in total. The highest BCUT2D eigenvalue weighted by molar-refractivity contribution is 5.35. The van der Waals surface area contributed by atoms with Crippen LogP contribution in [0, 0.1) is 0 Å². The summed E-state index contributed by atoms with van der Waals surface area (Å²) in [7, 11) is 0. The molecule has 5 heteroatoms. The van der Waals surface area contributed by atoms with Gasteiger partial charge in [0.05, 0.1) is 5.41 Å². The van der Waals surface area contributed by atoms with Crippen LogP contribution in [0.15, 0.2) is 18.7 Å². The van der Waals surface area contributed by atoms with E-state index in [1.807, 2.05) is 0 Å². The van der Waals surface area contributed by atoms with Crippen molar-refractivity contribution in [3.05, 3.63) is 24.3 Å². The lowest BCUT2D eigenvalue weighted by atomic mass is 9.99. The minimum absolute atomic E-state index is 0.0621. The Morgan fingerprint density at radius 3 is 2.31 bits per heavy atom. The van der Waals surface area contributed by atoms with Crippen molar-refractivity contribution >= 4 is 0 Å². The lowest BCUT2D eigenvalue weighted by molar-refractivity contribution is 0.0894. The molecule has 1 aromatic rings. The normalized spacial score (nSPS) is 30.1. The van der Waals surface area contributed by atoms with Gasteiger partial charge in [0.15, 0.2) is 0 Å². The van der Waals surface area contributed by atoms with Gasteiger partial charge in [-0.3, -0.25) is 0 Å². The molecular weight excluding hydrogens is 176 g/mol. The summed E-state index contributed by atoms with van der Waals surface area (Å²) in [5.41, 5.74) is 4.57. The lowest BCUT2D eigenvalue weighted by Gasteiger charge is -2.12. The molecule has 0 bridgehead atoms. The van der Waals surface area contributed by atoms with Crippen molar-refractivity contribution in [2.75, 3.05) is 6.54 Å². The molecule has 1 aliphatic carbocycles. The summed E-state index contributed by atoms with van der Waals surface area (Å²) in [6, 6.07) is 0. The predicted molar refractivity (Wildman–Crippen MR) is 42.3 cm³/mol. The minimum Gasteiger partial charge on any atom is -0.329 e. The van der Waals surface area contributed by atoms with Crippen LogP contribution in [0.1, 0.15) is 12.0 Å². The van der Waals surface area contributed by atoms with Crippen molar-refractivity contribution in [3.8, 4) is 0 Å². The zero-order chi connectivity index (χ0) is 9.53. The molecule has 13 heavy (non-hydrogen) atoms. The van der Waals surface area contributed by atoms with Crippen LogP contribution in [0.5, 0.6) is 0 Å². The minimum atomic E-state index is -2.69. The number of hydrogen-bond donors (Lipinski definition) is 1. The van der Waals surface area contributed by atoms with Crippen LogP contribution in [0.4, 0.5) is 8.78 Å². The molecule has 1 heterocycles. The molecular formula is C8H9F2N3. The maximum Gasteiger partial charge on any atom is 0.260 e. The fourth-order valence-electron chi connectivity index (χ4n) is 1.53. The van der Waals surface area contributed by atoms with Crippen LogP contribution in [-0.2, 0) is 5.41 Å². The van der Waals surface area contributed by atoms with Gasteiger partial charge in [0, 0.05) is 30.9 Å². The molecule has 1 aromatic heterocycles. The van der Waals surface area contributed by atoms with Crippen molar-refractivity contribution in [1.29, 1.82) is 0 Å². The van der Waals surface area contributed by atoms with Crippen LogP contribution in [0.25, 0.3) is 0 Å². The molecule has 0 aromatic carbocycles. The summed E-state index contributed by atoms with van der Waals surface area (Å²) in [5.74, 6) is -2.69. The monoisotopic (exact) mass is 185 g/mol. The second-order valence-corrected chi connectivity index (χ2v) is 3.29. The molecule has 1 saturated carbocycles. The second kappa shape index (κ2) is 2.45. The molecule has 2 N–H and O–H groups in total. The van der Waals surface area contributed by atoms with Gasteiger partial charge in [0.25, 0.3) is 5.92 Å². The standard InChI is InChI=1S/C8H9F2N3/c9-8(10)3-7(8,4-11)6-1-12-5-13-2-6/h1-2,5H,3-4,11H2. The maximum atomic E-state index is 13.0. The Hall–Kier alpha value is -1.10. The molecule has 0 spiro atoms. The molecule has 0 amide bonds. The predicted octanol–water partition coefficient (Wildman–Crippen LogP) is 0.712. The Kier molecular flexibility index (Phi) is 1.60. The first kappa shape index (κ1) is 8.50. The number of halogens is 2. The van der Waals surface area contributed by atoms with E-state index in [1.165, 1.54) is 18.7 Å². The first-order valence-corrected chi connectivity index (χ1v) is 3.96. The molecule has 1 aliphatic rings. The second-order valence-electron chi connectivity index (χ2n) is 3.29. The van der Waals surface area contributed by atoms with Gasteiger partial charge in [-0.2, -0.15) is 0 Å². The van der Waals surface area contributed by atoms with E-state index < -0.39 is 11.3 Å². The first-order chi connectivity index (χ1) is 6.12. The van der Waals surface area contributed by atoms with Crippen LogP contribution >= 0.6 is 0 Å². The molecule has 0 aliphatic heterocycles. The third-order valence-corrected chi connectivity index (χ3v) is 2.56. The van der Waals surface area contributed by atoms with Crippen LogP contribution in [-0.4, -0.2) is 22.4 Å². The Labute approximate surface area is 74.0 Å². The summed E-state index contributed by atoms with van der Waals surface area (Å²) < 4.78 is 26.0. The molecule has 1 unspecified atom stereocenters. The lowest BCUT2D eigenvalue weighted by Crippen LogP contribution is -2.27. The zero-order valence-corrected chi connectivity index (χ0v) is 6.87. The summed E-state index contributed by atoms with van der Waals surface area (Å²) in [6.45, 7) is -0.0621. The molecule has 1 fully saturated rings. The number of hydrogen-bond acceptors (Lipinski definition) is 3. The Morgan fingerprint density at radius 1 is 1.38 bits per heavy atom. The van der Waals surface area contributed by atoms with E-state index in [4.69, 9.17) is 5.73 Å². The van der Waals surface area contributed by atoms with Gasteiger partial charge in [0.2, 0.25) is 0 Å². The fourth-order valence-corrected chi connectivity index (χ4v) is 1.53. The van der Waals surface area contributed by atoms with Gasteiger partial charge < -0.3 is 5.73 Å². The third-order valence-electron chi connectivity index (χ3n) is 2.56. The zero-order valence-electron chi connectivity index (χ0n) is 6.87. The van der Waals surface area contributed by atoms with Gasteiger partial charge in [-0.1, -0.05) is 0 Å². The largest absolute Gasteiger partial charge is 0.329 e. The highest BCUT2D eigenvalue weighted by atomic mass is 19.3. The smallest absolute Gasteiger partial charge is 0.260 e. The van der Waals surface area contributed by atoms with E-state index in [1.54, 1.807) is 0 Å². The van der Waals surface area contributed by atoms with Crippen molar-refractivity contribution in [2.45, 2.75) is 17.8 Å². The van der Waals surface area contributed by atoms with Gasteiger partial charge in [-0.15, -0.1) is 0 Å². The highest BCUT2D eigenvalue weighted by Crippen LogP contribution is 2.60. The summed E-state index contributed by atoms with van der Waals surface area (Å²) in [6.07, 6.45) is 3.93. The van der Waals surface area contributed by atoms with E-state index in [2.05, 4.69) is 9.97 Å². The van der Waals surface area contributed by atoms with Gasteiger partial charge in [0.1, 0.15) is 6.33 Å². The summed E-state index contributed by atoms with van der Waals surface area (Å²) >= 11 is 0. The Bertz CT molecular complexity index is 314. The van der Waals surface area contributed by atoms with E-state index in [0.717, 1.165) is 0 Å². The Morgan fingerprint density at radius 2 is 1.92 bits per heavy atom. The topological polar surface area (TPSA) is 51.8 Å². The maximum absolute atomic E-state index is 13.0. The highest BCUT2D eigenvalue weighted by Gasteiger charge is 2.71. The Balaban J connectivity index is 2.37. The van der Waals surface area contributed by atoms with Gasteiger partial charge in [-0.25, -0.2) is 18.7 Å². The van der Waals surface area contributed by atoms with E-state index in [9.17, 15) is 8.78 Å². The van der Waals surface area contributed by atoms with Crippen LogP contribution in [0.3, 0.4) is 0 Å². The van der Waals surface area contributed by atoms with E-state index in [0.29, 0.717) is 5.56 Å². The van der Waals surface area contributed by atoms with Crippen LogP contribution in [0.2, 0.25) is 0 Å². The number of rotatable bonds is 2. The number of alkyl halides is 2. The average Bonchev–Trinajstić information content (AvgIpc) is 2.72. The first-order valence-electron chi connectivity index (χ1n) is 3.96. The van der Waals surface area contributed by atoms with E-state index in [-0.39, 0.29) is 13.0 Å². The molecule has 1 atom stereocenters. The van der Waals surface area contributed by atoms with Gasteiger partial charge >= 0.3 is 0 Å². The van der Waals surface area contributed by atoms with Gasteiger partial charge in [-0.05, 0) is 0 Å². The van der Waals surface area contributed by atoms with Crippen molar-refractivity contribution in [2.24, 2.45) is 5.73 Å². The summed E-state index contributed by atoms with van der Waals surface area (Å²) in [4.78, 5) is 7.41.